The topological polar surface area (TPSA) is 85.4 Å². The highest BCUT2D eigenvalue weighted by Crippen LogP contribution is 2.32. The van der Waals surface area contributed by atoms with E-state index in [0.29, 0.717) is 24.1 Å². The molecule has 0 radical (unpaired) electrons. The van der Waals surface area contributed by atoms with E-state index in [1.165, 1.54) is 11.3 Å². The molecule has 0 spiro atoms. The Morgan fingerprint density at radius 2 is 2.14 bits per heavy atom. The van der Waals surface area contributed by atoms with Crippen molar-refractivity contribution >= 4 is 22.5 Å². The van der Waals surface area contributed by atoms with Crippen molar-refractivity contribution in [3.05, 3.63) is 29.3 Å². The van der Waals surface area contributed by atoms with Gasteiger partial charge in [-0.15, -0.1) is 10.2 Å². The molecule has 22 heavy (non-hydrogen) atoms. The maximum atomic E-state index is 11.9. The van der Waals surface area contributed by atoms with Crippen LogP contribution in [0.1, 0.15) is 24.9 Å². The molecule has 1 aliphatic heterocycles. The predicted molar refractivity (Wildman–Crippen MR) is 82.5 cm³/mol. The number of carbonyl (C=O) groups excluding carboxylic acids is 1. The van der Waals surface area contributed by atoms with Crippen LogP contribution < -0.4 is 20.1 Å². The molecule has 1 aliphatic rings. The Kier molecular flexibility index (Phi) is 4.38. The normalized spacial score (nSPS) is 14.8. The molecule has 116 valence electrons. The van der Waals surface area contributed by atoms with Crippen molar-refractivity contribution in [2.75, 3.05) is 18.5 Å². The SMILES string of the molecule is CC(NC(=O)Nc1nncs1)c1ccc2c(c1)OCCCO2. The minimum atomic E-state index is -0.323. The number of nitrogens with zero attached hydrogens (tertiary/aromatic N) is 2. The molecule has 0 fully saturated rings. The van der Waals surface area contributed by atoms with Crippen molar-refractivity contribution in [2.24, 2.45) is 0 Å². The Bertz CT molecular complexity index is 648. The van der Waals surface area contributed by atoms with Gasteiger partial charge in [0.25, 0.3) is 0 Å². The summed E-state index contributed by atoms with van der Waals surface area (Å²) in [5.74, 6) is 1.46. The number of aromatic nitrogens is 2. The van der Waals surface area contributed by atoms with Gasteiger partial charge < -0.3 is 14.8 Å². The van der Waals surface area contributed by atoms with E-state index in [9.17, 15) is 4.79 Å². The first kappa shape index (κ1) is 14.6. The van der Waals surface area contributed by atoms with E-state index >= 15 is 0 Å². The lowest BCUT2D eigenvalue weighted by Gasteiger charge is -2.16. The Labute approximate surface area is 131 Å². The molecule has 2 heterocycles. The molecule has 1 unspecified atom stereocenters. The van der Waals surface area contributed by atoms with Gasteiger partial charge >= 0.3 is 6.03 Å². The average molecular weight is 320 g/mol. The number of rotatable bonds is 3. The average Bonchev–Trinajstić information content (AvgIpc) is 2.89. The molecule has 3 rings (SSSR count). The maximum Gasteiger partial charge on any atom is 0.321 e. The molecular formula is C14H16N4O3S. The number of urea groups is 1. The largest absolute Gasteiger partial charge is 0.490 e. The lowest BCUT2D eigenvalue weighted by molar-refractivity contribution is 0.249. The zero-order valence-corrected chi connectivity index (χ0v) is 12.9. The summed E-state index contributed by atoms with van der Waals surface area (Å²) in [7, 11) is 0. The van der Waals surface area contributed by atoms with Gasteiger partial charge in [0, 0.05) is 6.42 Å². The van der Waals surface area contributed by atoms with Crippen LogP contribution in [0, 0.1) is 0 Å². The van der Waals surface area contributed by atoms with Crippen LogP contribution in [-0.2, 0) is 0 Å². The van der Waals surface area contributed by atoms with Crippen LogP contribution in [0.4, 0.5) is 9.93 Å². The van der Waals surface area contributed by atoms with Gasteiger partial charge in [0.1, 0.15) is 5.51 Å². The Hall–Kier alpha value is -2.35. The molecule has 0 saturated heterocycles. The second-order valence-corrected chi connectivity index (χ2v) is 5.65. The van der Waals surface area contributed by atoms with Gasteiger partial charge in [-0.3, -0.25) is 5.32 Å². The highest BCUT2D eigenvalue weighted by Gasteiger charge is 2.15. The van der Waals surface area contributed by atoms with E-state index < -0.39 is 0 Å². The van der Waals surface area contributed by atoms with Crippen molar-refractivity contribution in [1.29, 1.82) is 0 Å². The van der Waals surface area contributed by atoms with Gasteiger partial charge in [-0.2, -0.15) is 0 Å². The van der Waals surface area contributed by atoms with Crippen molar-refractivity contribution < 1.29 is 14.3 Å². The zero-order chi connectivity index (χ0) is 15.4. The highest BCUT2D eigenvalue weighted by atomic mass is 32.1. The first-order valence-electron chi connectivity index (χ1n) is 6.95. The first-order chi connectivity index (χ1) is 10.7. The number of amides is 2. The van der Waals surface area contributed by atoms with Crippen molar-refractivity contribution in [3.63, 3.8) is 0 Å². The molecule has 0 saturated carbocycles. The maximum absolute atomic E-state index is 11.9. The number of carbonyl (C=O) groups is 1. The van der Waals surface area contributed by atoms with Gasteiger partial charge in [-0.05, 0) is 24.6 Å². The van der Waals surface area contributed by atoms with E-state index in [1.54, 1.807) is 5.51 Å². The van der Waals surface area contributed by atoms with Crippen LogP contribution in [-0.4, -0.2) is 29.4 Å². The van der Waals surface area contributed by atoms with Gasteiger partial charge in [0.15, 0.2) is 11.5 Å². The van der Waals surface area contributed by atoms with Crippen LogP contribution in [0.5, 0.6) is 11.5 Å². The minimum absolute atomic E-state index is 0.176. The molecule has 1 aromatic heterocycles. The number of anilines is 1. The van der Waals surface area contributed by atoms with Crippen LogP contribution in [0.3, 0.4) is 0 Å². The molecule has 2 amide bonds. The monoisotopic (exact) mass is 320 g/mol. The number of benzene rings is 1. The van der Waals surface area contributed by atoms with Crippen LogP contribution in [0.25, 0.3) is 0 Å². The summed E-state index contributed by atoms with van der Waals surface area (Å²) in [6.45, 7) is 3.19. The third kappa shape index (κ3) is 3.45. The van der Waals surface area contributed by atoms with E-state index in [0.717, 1.165) is 17.7 Å². The number of hydrogen-bond donors (Lipinski definition) is 2. The third-order valence-electron chi connectivity index (χ3n) is 3.20. The smallest absolute Gasteiger partial charge is 0.321 e. The summed E-state index contributed by atoms with van der Waals surface area (Å²) in [6.07, 6.45) is 0.863. The molecule has 0 aliphatic carbocycles. The second-order valence-electron chi connectivity index (χ2n) is 4.82. The van der Waals surface area contributed by atoms with Gasteiger partial charge in [0.05, 0.1) is 19.3 Å². The standard InChI is InChI=1S/C14H16N4O3S/c1-9(16-13(19)17-14-18-15-8-22-14)10-3-4-11-12(7-10)21-6-2-5-20-11/h3-4,7-9H,2,5-6H2,1H3,(H2,16,17,18,19). The number of hydrogen-bond acceptors (Lipinski definition) is 6. The van der Waals surface area contributed by atoms with Gasteiger partial charge in [-0.25, -0.2) is 4.79 Å². The molecule has 1 aromatic carbocycles. The fraction of sp³-hybridized carbons (Fsp3) is 0.357. The first-order valence-corrected chi connectivity index (χ1v) is 7.83. The molecule has 1 atom stereocenters. The van der Waals surface area contributed by atoms with E-state index in [4.69, 9.17) is 9.47 Å². The second kappa shape index (κ2) is 6.61. The van der Waals surface area contributed by atoms with Crippen molar-refractivity contribution in [2.45, 2.75) is 19.4 Å². The van der Waals surface area contributed by atoms with E-state index in [1.807, 2.05) is 25.1 Å². The molecule has 8 heteroatoms. The summed E-state index contributed by atoms with van der Waals surface area (Å²) in [6, 6.07) is 5.19. The Morgan fingerprint density at radius 3 is 2.91 bits per heavy atom. The number of ether oxygens (including phenoxy) is 2. The Morgan fingerprint density at radius 1 is 1.32 bits per heavy atom. The van der Waals surface area contributed by atoms with Crippen molar-refractivity contribution in [3.8, 4) is 11.5 Å². The van der Waals surface area contributed by atoms with Crippen molar-refractivity contribution in [1.82, 2.24) is 15.5 Å². The minimum Gasteiger partial charge on any atom is -0.490 e. The van der Waals surface area contributed by atoms with Crippen LogP contribution in [0.2, 0.25) is 0 Å². The third-order valence-corrected chi connectivity index (χ3v) is 3.81. The lowest BCUT2D eigenvalue weighted by Crippen LogP contribution is -2.31. The summed E-state index contributed by atoms with van der Waals surface area (Å²) >= 11 is 1.26. The van der Waals surface area contributed by atoms with Gasteiger partial charge in [-0.1, -0.05) is 17.4 Å². The zero-order valence-electron chi connectivity index (χ0n) is 12.0. The lowest BCUT2D eigenvalue weighted by atomic mass is 10.1. The Balaban J connectivity index is 1.65. The van der Waals surface area contributed by atoms with Gasteiger partial charge in [0.2, 0.25) is 5.13 Å². The molecule has 2 N–H and O–H groups in total. The van der Waals surface area contributed by atoms with Crippen LogP contribution >= 0.6 is 11.3 Å². The highest BCUT2D eigenvalue weighted by molar-refractivity contribution is 7.13. The molecule has 2 aromatic rings. The predicted octanol–water partition coefficient (Wildman–Crippen LogP) is 2.58. The summed E-state index contributed by atoms with van der Waals surface area (Å²) in [4.78, 5) is 11.9. The number of nitrogens with one attached hydrogen (secondary N) is 2. The van der Waals surface area contributed by atoms with E-state index in [-0.39, 0.29) is 12.1 Å². The van der Waals surface area contributed by atoms with E-state index in [2.05, 4.69) is 20.8 Å². The molecule has 0 bridgehead atoms. The molecular weight excluding hydrogens is 304 g/mol. The fourth-order valence-corrected chi connectivity index (χ4v) is 2.53. The summed E-state index contributed by atoms with van der Waals surface area (Å²) in [5, 5.41) is 13.4. The summed E-state index contributed by atoms with van der Waals surface area (Å²) in [5.41, 5.74) is 2.50. The van der Waals surface area contributed by atoms with Crippen LogP contribution in [0.15, 0.2) is 23.7 Å². The quantitative estimate of drug-likeness (QED) is 0.908. The number of fused-ring (bicyclic) bond motifs is 1. The summed E-state index contributed by atoms with van der Waals surface area (Å²) < 4.78 is 11.3. The fourth-order valence-electron chi connectivity index (χ4n) is 2.09. The molecule has 7 nitrogen and oxygen atoms in total.